The van der Waals surface area contributed by atoms with Gasteiger partial charge in [0.1, 0.15) is 29.6 Å². The maximum Gasteiger partial charge on any atom is 0.326 e. The molecule has 5 aromatic rings. The molecule has 0 aliphatic rings. The van der Waals surface area contributed by atoms with Crippen LogP contribution >= 0.6 is 0 Å². The van der Waals surface area contributed by atoms with E-state index in [2.05, 4.69) is 32.3 Å². The molecule has 0 aromatic heterocycles. The van der Waals surface area contributed by atoms with E-state index in [0.717, 1.165) is 16.7 Å². The number of carboxylic acids is 2. The molecule has 0 saturated heterocycles. The fourth-order valence-electron chi connectivity index (χ4n) is 6.33. The summed E-state index contributed by atoms with van der Waals surface area (Å²) >= 11 is 0. The normalized spacial score (nSPS) is 12.3. The number of carbonyl (C=O) groups is 7. The number of nitrogens with one attached hydrogen (secondary N) is 5. The third kappa shape index (κ3) is 18.1. The molecule has 0 aliphatic carbocycles. The van der Waals surface area contributed by atoms with Crippen LogP contribution in [0.25, 0.3) is 0 Å². The molecule has 340 valence electrons. The Morgan fingerprint density at radius 3 is 1.25 bits per heavy atom. The van der Waals surface area contributed by atoms with E-state index >= 15 is 0 Å². The summed E-state index contributed by atoms with van der Waals surface area (Å²) < 4.78 is 0. The minimum Gasteiger partial charge on any atom is -0.548 e. The van der Waals surface area contributed by atoms with E-state index in [9.17, 15) is 54.0 Å². The first-order valence-corrected chi connectivity index (χ1v) is 20.6. The van der Waals surface area contributed by atoms with Crippen molar-refractivity contribution in [2.24, 2.45) is 0 Å². The lowest BCUT2D eigenvalue weighted by molar-refractivity contribution is -0.355. The van der Waals surface area contributed by atoms with Crippen LogP contribution in [0.5, 0.6) is 11.5 Å². The molecule has 0 aliphatic heterocycles. The van der Waals surface area contributed by atoms with Gasteiger partial charge in [-0.2, -0.15) is 0 Å². The number of hydrogen-bond donors (Lipinski definition) is 9. The Morgan fingerprint density at radius 1 is 0.462 bits per heavy atom. The van der Waals surface area contributed by atoms with Crippen molar-refractivity contribution in [3.05, 3.63) is 167 Å². The molecule has 0 bridgehead atoms. The highest BCUT2D eigenvalue weighted by Gasteiger charge is 2.28. The summed E-state index contributed by atoms with van der Waals surface area (Å²) in [5.74, 6) is -5.21. The molecule has 0 heterocycles. The van der Waals surface area contributed by atoms with Gasteiger partial charge >= 0.3 is 5.97 Å². The predicted molar refractivity (Wildman–Crippen MR) is 235 cm³/mol. The zero-order chi connectivity index (χ0) is 47.1. The Balaban J connectivity index is 0.000000296. The fraction of sp³-hybridized carbons (Fsp3) is 0.229. The number of aromatic hydroxyl groups is 2. The molecular weight excluding hydrogens is 837 g/mol. The Kier molecular flexibility index (Phi) is 19.7. The SMILES string of the molecule is O=C(Cc1ccccc1)NCC(=O)N[C@@H](Cc1ccc(O)cc1)C(=O)N[C@@H](Cc1ccccc1)C(=O)O.[NH3+]CC(=O)N[C@@H](Cc1ccc(O)cc1)C(=O)N[C@@H](Cc1ccccc1)C(=O)[O-]. The minimum absolute atomic E-state index is 0.0451. The van der Waals surface area contributed by atoms with Gasteiger partial charge < -0.3 is 57.5 Å². The third-order valence-electron chi connectivity index (χ3n) is 9.72. The van der Waals surface area contributed by atoms with Crippen molar-refractivity contribution in [3.63, 3.8) is 0 Å². The number of carboxylic acid groups (broad SMARTS) is 2. The van der Waals surface area contributed by atoms with Gasteiger partial charge in [-0.1, -0.05) is 115 Å². The number of benzene rings is 5. The summed E-state index contributed by atoms with van der Waals surface area (Å²) in [5.41, 5.74) is 7.07. The van der Waals surface area contributed by atoms with Crippen molar-refractivity contribution < 1.29 is 59.7 Å². The highest BCUT2D eigenvalue weighted by molar-refractivity contribution is 5.93. The zero-order valence-electron chi connectivity index (χ0n) is 35.4. The lowest BCUT2D eigenvalue weighted by atomic mass is 10.0. The maximum absolute atomic E-state index is 13.1. The molecule has 17 nitrogen and oxygen atoms in total. The minimum atomic E-state index is -1.41. The summed E-state index contributed by atoms with van der Waals surface area (Å²) in [6.45, 7) is -0.412. The highest BCUT2D eigenvalue weighted by Crippen LogP contribution is 2.14. The van der Waals surface area contributed by atoms with Gasteiger partial charge in [0, 0.05) is 19.3 Å². The number of phenols is 2. The second kappa shape index (κ2) is 25.8. The lowest BCUT2D eigenvalue weighted by Crippen LogP contribution is -2.61. The number of carbonyl (C=O) groups excluding carboxylic acids is 6. The van der Waals surface area contributed by atoms with E-state index in [1.807, 2.05) is 18.2 Å². The summed E-state index contributed by atoms with van der Waals surface area (Å²) in [5, 5.41) is 52.7. The number of aliphatic carboxylic acids is 2. The number of hydrogen-bond acceptors (Lipinski definition) is 10. The van der Waals surface area contributed by atoms with Crippen molar-refractivity contribution in [1.82, 2.24) is 26.6 Å². The van der Waals surface area contributed by atoms with Gasteiger partial charge in [-0.25, -0.2) is 4.79 Å². The molecule has 4 atom stereocenters. The summed E-state index contributed by atoms with van der Waals surface area (Å²) in [7, 11) is 0. The second-order valence-electron chi connectivity index (χ2n) is 14.8. The van der Waals surface area contributed by atoms with Gasteiger partial charge in [-0.15, -0.1) is 0 Å². The van der Waals surface area contributed by atoms with Crippen LogP contribution < -0.4 is 37.4 Å². The maximum atomic E-state index is 13.1. The summed E-state index contributed by atoms with van der Waals surface area (Å²) in [6.07, 6.45) is 0.406. The van der Waals surface area contributed by atoms with Crippen molar-refractivity contribution in [3.8, 4) is 11.5 Å². The van der Waals surface area contributed by atoms with Crippen LogP contribution in [-0.4, -0.2) is 94.1 Å². The van der Waals surface area contributed by atoms with Crippen LogP contribution in [0.3, 0.4) is 0 Å². The zero-order valence-corrected chi connectivity index (χ0v) is 35.4. The third-order valence-corrected chi connectivity index (χ3v) is 9.72. The molecule has 5 aromatic carbocycles. The summed E-state index contributed by atoms with van der Waals surface area (Å²) in [4.78, 5) is 85.7. The second-order valence-corrected chi connectivity index (χ2v) is 14.8. The first-order chi connectivity index (χ1) is 31.2. The molecule has 5 rings (SSSR count). The monoisotopic (exact) mass is 888 g/mol. The number of rotatable bonds is 21. The summed E-state index contributed by atoms with van der Waals surface area (Å²) in [6, 6.07) is 34.5. The number of phenolic OH excluding ortho intramolecular Hbond substituents is 2. The van der Waals surface area contributed by atoms with Crippen molar-refractivity contribution in [2.45, 2.75) is 56.3 Å². The van der Waals surface area contributed by atoms with Crippen molar-refractivity contribution in [2.75, 3.05) is 13.1 Å². The fourth-order valence-corrected chi connectivity index (χ4v) is 6.33. The Hall–Kier alpha value is -8.05. The van der Waals surface area contributed by atoms with Gasteiger partial charge in [0.25, 0.3) is 5.91 Å². The first-order valence-electron chi connectivity index (χ1n) is 20.6. The van der Waals surface area contributed by atoms with E-state index < -0.39 is 59.7 Å². The van der Waals surface area contributed by atoms with Crippen molar-refractivity contribution in [1.29, 1.82) is 0 Å². The van der Waals surface area contributed by atoms with Gasteiger partial charge in [0.05, 0.1) is 25.0 Å². The van der Waals surface area contributed by atoms with E-state index in [1.54, 1.807) is 97.1 Å². The van der Waals surface area contributed by atoms with Crippen LogP contribution in [0, 0.1) is 0 Å². The smallest absolute Gasteiger partial charge is 0.326 e. The Morgan fingerprint density at radius 2 is 0.831 bits per heavy atom. The average Bonchev–Trinajstić information content (AvgIpc) is 3.30. The molecular formula is C48H52N6O11. The standard InChI is InChI=1S/C28H29N3O6.C20H23N3O5/c32-22-13-11-21(12-14-22)15-23(27(35)31-24(28(36)37)16-19-7-3-1-4-8-19)30-26(34)18-29-25(33)17-20-9-5-2-6-10-20;21-12-18(25)22-16(10-14-6-8-15(24)9-7-14)19(26)23-17(20(27)28)11-13-4-2-1-3-5-13/h1-14,23-24,32H,15-18H2,(H,29,33)(H,30,34)(H,31,35)(H,36,37);1-9,16-17,24H,10-12,21H2,(H,22,25)(H,23,26)(H,27,28)/t23-,24-;16-,17-/m00/s1. The molecule has 17 heteroatoms. The molecule has 0 unspecified atom stereocenters. The van der Waals surface area contributed by atoms with Crippen LogP contribution in [0.15, 0.2) is 140 Å². The molecule has 11 N–H and O–H groups in total. The van der Waals surface area contributed by atoms with E-state index in [-0.39, 0.29) is 62.6 Å². The van der Waals surface area contributed by atoms with Gasteiger partial charge in [-0.05, 0) is 58.5 Å². The van der Waals surface area contributed by atoms with Crippen LogP contribution in [-0.2, 0) is 65.7 Å². The molecule has 0 saturated carbocycles. The Bertz CT molecular complexity index is 2330. The van der Waals surface area contributed by atoms with E-state index in [1.165, 1.54) is 24.3 Å². The van der Waals surface area contributed by atoms with Gasteiger partial charge in [0.15, 0.2) is 6.54 Å². The molecule has 0 fully saturated rings. The topological polar surface area (TPSA) is 291 Å². The van der Waals surface area contributed by atoms with Crippen LogP contribution in [0.4, 0.5) is 0 Å². The van der Waals surface area contributed by atoms with E-state index in [0.29, 0.717) is 11.1 Å². The number of amides is 5. The lowest BCUT2D eigenvalue weighted by Gasteiger charge is -2.24. The van der Waals surface area contributed by atoms with Gasteiger partial charge in [-0.3, -0.25) is 24.0 Å². The van der Waals surface area contributed by atoms with E-state index in [4.69, 9.17) is 0 Å². The highest BCUT2D eigenvalue weighted by atomic mass is 16.4. The first kappa shape index (κ1) is 49.6. The largest absolute Gasteiger partial charge is 0.548 e. The molecule has 5 amide bonds. The average molecular weight is 889 g/mol. The molecule has 0 radical (unpaired) electrons. The Labute approximate surface area is 375 Å². The predicted octanol–water partition coefficient (Wildman–Crippen LogP) is -0.271. The van der Waals surface area contributed by atoms with Crippen LogP contribution in [0.1, 0.15) is 27.8 Å². The molecule has 0 spiro atoms. The van der Waals surface area contributed by atoms with Gasteiger partial charge in [0.2, 0.25) is 23.6 Å². The molecule has 65 heavy (non-hydrogen) atoms. The van der Waals surface area contributed by atoms with Crippen molar-refractivity contribution >= 4 is 41.5 Å². The quantitative estimate of drug-likeness (QED) is 0.0462. The van der Waals surface area contributed by atoms with Crippen LogP contribution in [0.2, 0.25) is 0 Å². The number of quaternary nitrogens is 1.